The van der Waals surface area contributed by atoms with Crippen LogP contribution in [-0.2, 0) is 11.2 Å². The predicted octanol–water partition coefficient (Wildman–Crippen LogP) is 1.06. The van der Waals surface area contributed by atoms with Gasteiger partial charge in [-0.15, -0.1) is 0 Å². The van der Waals surface area contributed by atoms with Gasteiger partial charge in [0.25, 0.3) is 0 Å². The van der Waals surface area contributed by atoms with Gasteiger partial charge in [-0.2, -0.15) is 0 Å². The molecule has 5 nitrogen and oxygen atoms in total. The first kappa shape index (κ1) is 9.51. The molecule has 0 amide bonds. The fraction of sp³-hybridized carbons (Fsp3) is 0.200. The number of hydrogen-bond donors (Lipinski definition) is 2. The van der Waals surface area contributed by atoms with Crippen LogP contribution in [0.2, 0.25) is 0 Å². The molecular weight excluding hydrogens is 196 g/mol. The van der Waals surface area contributed by atoms with Crippen molar-refractivity contribution < 1.29 is 15.0 Å². The van der Waals surface area contributed by atoms with Crippen LogP contribution < -0.4 is 0 Å². The molecule has 0 aromatic carbocycles. The van der Waals surface area contributed by atoms with E-state index in [2.05, 4.69) is 4.98 Å². The van der Waals surface area contributed by atoms with Crippen LogP contribution in [0, 0.1) is 0 Å². The van der Waals surface area contributed by atoms with Gasteiger partial charge in [0, 0.05) is 24.5 Å². The van der Waals surface area contributed by atoms with Gasteiger partial charge < -0.3 is 14.6 Å². The second-order valence-electron chi connectivity index (χ2n) is 3.23. The summed E-state index contributed by atoms with van der Waals surface area (Å²) in [5, 5.41) is 18.0. The van der Waals surface area contributed by atoms with E-state index in [4.69, 9.17) is 5.11 Å². The summed E-state index contributed by atoms with van der Waals surface area (Å²) in [6.07, 6.45) is 3.79. The Bertz CT molecular complexity index is 504. The van der Waals surface area contributed by atoms with Crippen LogP contribution in [0.5, 0.6) is 5.75 Å². The van der Waals surface area contributed by atoms with E-state index in [-0.39, 0.29) is 12.2 Å². The number of aromatic hydroxyl groups is 1. The largest absolute Gasteiger partial charge is 0.504 e. The minimum Gasteiger partial charge on any atom is -0.504 e. The molecular formula is C10H10N2O3. The van der Waals surface area contributed by atoms with Crippen LogP contribution in [0.15, 0.2) is 24.5 Å². The van der Waals surface area contributed by atoms with Crippen LogP contribution in [-0.4, -0.2) is 25.6 Å². The van der Waals surface area contributed by atoms with E-state index in [1.807, 2.05) is 0 Å². The lowest BCUT2D eigenvalue weighted by Crippen LogP contribution is -1.99. The number of aryl methyl sites for hydroxylation is 1. The first-order chi connectivity index (χ1) is 7.18. The number of carbonyl (C=O) groups is 1. The smallest absolute Gasteiger partial charge is 0.303 e. The van der Waals surface area contributed by atoms with E-state index in [0.717, 1.165) is 5.69 Å². The second-order valence-corrected chi connectivity index (χ2v) is 3.23. The molecule has 0 aliphatic carbocycles. The lowest BCUT2D eigenvalue weighted by Gasteiger charge is -2.00. The normalized spacial score (nSPS) is 10.7. The fourth-order valence-electron chi connectivity index (χ4n) is 1.47. The van der Waals surface area contributed by atoms with E-state index in [0.29, 0.717) is 12.1 Å². The Hall–Kier alpha value is -2.04. The maximum Gasteiger partial charge on any atom is 0.303 e. The zero-order valence-electron chi connectivity index (χ0n) is 7.92. The molecule has 0 radical (unpaired) electrons. The molecule has 0 saturated carbocycles. The molecule has 2 heterocycles. The van der Waals surface area contributed by atoms with Crippen LogP contribution in [0.25, 0.3) is 5.65 Å². The summed E-state index contributed by atoms with van der Waals surface area (Å²) in [5.41, 5.74) is 1.24. The summed E-state index contributed by atoms with van der Waals surface area (Å²) in [7, 11) is 0. The number of nitrogens with zero attached hydrogens (tertiary/aromatic N) is 2. The molecule has 0 spiro atoms. The van der Waals surface area contributed by atoms with Gasteiger partial charge >= 0.3 is 5.97 Å². The van der Waals surface area contributed by atoms with Crippen molar-refractivity contribution >= 4 is 11.6 Å². The number of hydrogen-bond acceptors (Lipinski definition) is 3. The van der Waals surface area contributed by atoms with Crippen molar-refractivity contribution in [3.05, 3.63) is 30.2 Å². The maximum absolute atomic E-state index is 10.4. The second kappa shape index (κ2) is 3.61. The number of aliphatic carboxylic acids is 1. The minimum atomic E-state index is -0.842. The number of imidazole rings is 1. The average Bonchev–Trinajstić information content (AvgIpc) is 2.59. The third kappa shape index (κ3) is 1.76. The Morgan fingerprint density at radius 2 is 2.33 bits per heavy atom. The van der Waals surface area contributed by atoms with E-state index in [9.17, 15) is 9.90 Å². The highest BCUT2D eigenvalue weighted by Gasteiger charge is 2.07. The Labute approximate surface area is 85.6 Å². The molecule has 5 heteroatoms. The summed E-state index contributed by atoms with van der Waals surface area (Å²) < 4.78 is 1.69. The zero-order valence-corrected chi connectivity index (χ0v) is 7.92. The topological polar surface area (TPSA) is 74.8 Å². The highest BCUT2D eigenvalue weighted by Crippen LogP contribution is 2.18. The van der Waals surface area contributed by atoms with Gasteiger partial charge in [-0.1, -0.05) is 0 Å². The van der Waals surface area contributed by atoms with E-state index in [1.54, 1.807) is 28.9 Å². The highest BCUT2D eigenvalue weighted by atomic mass is 16.4. The molecule has 2 aromatic heterocycles. The van der Waals surface area contributed by atoms with Crippen molar-refractivity contribution in [1.82, 2.24) is 9.38 Å². The molecule has 78 valence electrons. The van der Waals surface area contributed by atoms with Gasteiger partial charge in [0.2, 0.25) is 0 Å². The maximum atomic E-state index is 10.4. The highest BCUT2D eigenvalue weighted by molar-refractivity contribution is 5.67. The summed E-state index contributed by atoms with van der Waals surface area (Å²) >= 11 is 0. The first-order valence-electron chi connectivity index (χ1n) is 4.54. The molecule has 0 aliphatic heterocycles. The predicted molar refractivity (Wildman–Crippen MR) is 52.8 cm³/mol. The number of pyridine rings is 1. The molecule has 0 saturated heterocycles. The molecule has 2 N–H and O–H groups in total. The fourth-order valence-corrected chi connectivity index (χ4v) is 1.47. The van der Waals surface area contributed by atoms with E-state index < -0.39 is 5.97 Å². The number of carboxylic acid groups (broad SMARTS) is 1. The van der Waals surface area contributed by atoms with Crippen molar-refractivity contribution in [3.8, 4) is 5.75 Å². The molecule has 0 aliphatic rings. The number of fused-ring (bicyclic) bond motifs is 1. The lowest BCUT2D eigenvalue weighted by atomic mass is 10.2. The van der Waals surface area contributed by atoms with E-state index in [1.165, 1.54) is 0 Å². The van der Waals surface area contributed by atoms with Crippen LogP contribution >= 0.6 is 0 Å². The Morgan fingerprint density at radius 1 is 1.53 bits per heavy atom. The van der Waals surface area contributed by atoms with Crippen molar-refractivity contribution in [2.45, 2.75) is 12.8 Å². The minimum absolute atomic E-state index is 0.0590. The summed E-state index contributed by atoms with van der Waals surface area (Å²) in [6, 6.07) is 3.23. The Morgan fingerprint density at radius 3 is 3.07 bits per heavy atom. The number of aromatic nitrogens is 2. The zero-order chi connectivity index (χ0) is 10.8. The molecule has 0 unspecified atom stereocenters. The van der Waals surface area contributed by atoms with Crippen LogP contribution in [0.4, 0.5) is 0 Å². The van der Waals surface area contributed by atoms with Gasteiger partial charge in [-0.3, -0.25) is 4.79 Å². The van der Waals surface area contributed by atoms with Crippen molar-refractivity contribution in [2.75, 3.05) is 0 Å². The van der Waals surface area contributed by atoms with E-state index >= 15 is 0 Å². The van der Waals surface area contributed by atoms with Gasteiger partial charge in [0.15, 0.2) is 11.4 Å². The van der Waals surface area contributed by atoms with Crippen LogP contribution in [0.3, 0.4) is 0 Å². The summed E-state index contributed by atoms with van der Waals surface area (Å²) in [4.78, 5) is 14.4. The molecule has 0 bridgehead atoms. The Balaban J connectivity index is 2.37. The standard InChI is InChI=1S/C10H10N2O3/c13-8-2-1-5-12-7(3-4-9(14)15)6-11-10(8)12/h1-2,5-6,13H,3-4H2,(H,14,15). The van der Waals surface area contributed by atoms with Crippen molar-refractivity contribution in [3.63, 3.8) is 0 Å². The molecule has 0 atom stereocenters. The number of rotatable bonds is 3. The summed E-state index contributed by atoms with van der Waals surface area (Å²) in [6.45, 7) is 0. The third-order valence-corrected chi connectivity index (χ3v) is 2.19. The quantitative estimate of drug-likeness (QED) is 0.787. The number of carboxylic acids is 1. The lowest BCUT2D eigenvalue weighted by molar-refractivity contribution is -0.136. The summed E-state index contributed by atoms with van der Waals surface area (Å²) in [5.74, 6) is -0.746. The molecule has 2 rings (SSSR count). The van der Waals surface area contributed by atoms with Crippen LogP contribution in [0.1, 0.15) is 12.1 Å². The molecule has 2 aromatic rings. The van der Waals surface area contributed by atoms with Crippen molar-refractivity contribution in [1.29, 1.82) is 0 Å². The first-order valence-corrected chi connectivity index (χ1v) is 4.54. The average molecular weight is 206 g/mol. The van der Waals surface area contributed by atoms with Gasteiger partial charge in [0.05, 0.1) is 6.42 Å². The third-order valence-electron chi connectivity index (χ3n) is 2.19. The van der Waals surface area contributed by atoms with Gasteiger partial charge in [-0.05, 0) is 12.1 Å². The SMILES string of the molecule is O=C(O)CCc1cnc2c(O)cccn12. The van der Waals surface area contributed by atoms with Crippen molar-refractivity contribution in [2.24, 2.45) is 0 Å². The monoisotopic (exact) mass is 206 g/mol. The molecule has 0 fully saturated rings. The Kier molecular flexibility index (Phi) is 2.29. The van der Waals surface area contributed by atoms with Gasteiger partial charge in [0.1, 0.15) is 0 Å². The van der Waals surface area contributed by atoms with Gasteiger partial charge in [-0.25, -0.2) is 4.98 Å². The molecule has 15 heavy (non-hydrogen) atoms.